The summed E-state index contributed by atoms with van der Waals surface area (Å²) in [5.74, 6) is -0.235. The van der Waals surface area contributed by atoms with Crippen molar-refractivity contribution < 1.29 is 9.59 Å². The number of halogens is 1. The minimum absolute atomic E-state index is 0.0781. The van der Waals surface area contributed by atoms with Crippen LogP contribution in [0.25, 0.3) is 0 Å². The molecule has 0 saturated heterocycles. The lowest BCUT2D eigenvalue weighted by Crippen LogP contribution is -2.33. The van der Waals surface area contributed by atoms with Crippen LogP contribution in [0.5, 0.6) is 0 Å². The Bertz CT molecular complexity index is 779. The van der Waals surface area contributed by atoms with Gasteiger partial charge in [-0.3, -0.25) is 9.59 Å². The van der Waals surface area contributed by atoms with Gasteiger partial charge in [-0.25, -0.2) is 0 Å². The summed E-state index contributed by atoms with van der Waals surface area (Å²) < 4.78 is 0. The van der Waals surface area contributed by atoms with Crippen LogP contribution >= 0.6 is 11.6 Å². The van der Waals surface area contributed by atoms with E-state index in [4.69, 9.17) is 11.6 Å². The number of benzene rings is 2. The number of hydrogen-bond acceptors (Lipinski definition) is 2. The molecule has 1 N–H and O–H groups in total. The number of rotatable bonds is 5. The van der Waals surface area contributed by atoms with Gasteiger partial charge in [0.05, 0.1) is 0 Å². The molecule has 0 bridgehead atoms. The molecular formula is C20H23ClN2O2. The number of amides is 2. The molecule has 2 rings (SSSR count). The zero-order valence-corrected chi connectivity index (χ0v) is 15.8. The maximum Gasteiger partial charge on any atom is 0.226 e. The molecule has 0 aliphatic rings. The van der Waals surface area contributed by atoms with Crippen LogP contribution in [0.3, 0.4) is 0 Å². The van der Waals surface area contributed by atoms with E-state index in [2.05, 4.69) is 5.32 Å². The Kier molecular flexibility index (Phi) is 6.21. The Morgan fingerprint density at radius 2 is 1.72 bits per heavy atom. The van der Waals surface area contributed by atoms with Gasteiger partial charge in [0.15, 0.2) is 0 Å². The number of carbonyl (C=O) groups excluding carboxylic acids is 2. The van der Waals surface area contributed by atoms with Gasteiger partial charge in [0, 0.05) is 36.3 Å². The molecule has 0 aliphatic heterocycles. The van der Waals surface area contributed by atoms with Gasteiger partial charge in [-0.1, -0.05) is 35.4 Å². The van der Waals surface area contributed by atoms with Crippen molar-refractivity contribution in [3.63, 3.8) is 0 Å². The molecular weight excluding hydrogens is 336 g/mol. The highest BCUT2D eigenvalue weighted by atomic mass is 35.5. The van der Waals surface area contributed by atoms with Crippen molar-refractivity contribution in [1.82, 2.24) is 0 Å². The van der Waals surface area contributed by atoms with Gasteiger partial charge in [-0.15, -0.1) is 0 Å². The van der Waals surface area contributed by atoms with Crippen molar-refractivity contribution in [2.45, 2.75) is 34.1 Å². The van der Waals surface area contributed by atoms with Crippen molar-refractivity contribution in [3.05, 3.63) is 58.1 Å². The molecule has 2 amide bonds. The smallest absolute Gasteiger partial charge is 0.226 e. The average molecular weight is 359 g/mol. The summed E-state index contributed by atoms with van der Waals surface area (Å²) in [6.45, 7) is 7.84. The minimum Gasteiger partial charge on any atom is -0.326 e. The lowest BCUT2D eigenvalue weighted by molar-refractivity contribution is -0.117. The van der Waals surface area contributed by atoms with E-state index in [1.807, 2.05) is 32.9 Å². The minimum atomic E-state index is -0.157. The van der Waals surface area contributed by atoms with E-state index in [1.54, 1.807) is 29.2 Å². The van der Waals surface area contributed by atoms with Crippen molar-refractivity contribution in [2.75, 3.05) is 16.8 Å². The maximum absolute atomic E-state index is 12.2. The molecule has 0 saturated carbocycles. The van der Waals surface area contributed by atoms with Gasteiger partial charge in [0.1, 0.15) is 0 Å². The van der Waals surface area contributed by atoms with E-state index in [9.17, 15) is 9.59 Å². The highest BCUT2D eigenvalue weighted by molar-refractivity contribution is 6.30. The van der Waals surface area contributed by atoms with Crippen molar-refractivity contribution in [2.24, 2.45) is 0 Å². The number of carbonyl (C=O) groups is 2. The quantitative estimate of drug-likeness (QED) is 0.845. The van der Waals surface area contributed by atoms with E-state index < -0.39 is 0 Å². The Morgan fingerprint density at radius 1 is 1.08 bits per heavy atom. The van der Waals surface area contributed by atoms with Gasteiger partial charge in [-0.2, -0.15) is 0 Å². The normalized spacial score (nSPS) is 10.4. The molecule has 0 spiro atoms. The fourth-order valence-electron chi connectivity index (χ4n) is 3.03. The molecule has 2 aromatic rings. The van der Waals surface area contributed by atoms with Crippen LogP contribution in [0, 0.1) is 20.8 Å². The van der Waals surface area contributed by atoms with Crippen LogP contribution in [-0.4, -0.2) is 18.4 Å². The molecule has 2 aromatic carbocycles. The fourth-order valence-corrected chi connectivity index (χ4v) is 3.22. The van der Waals surface area contributed by atoms with Crippen molar-refractivity contribution in [3.8, 4) is 0 Å². The van der Waals surface area contributed by atoms with E-state index >= 15 is 0 Å². The molecule has 0 aromatic heterocycles. The van der Waals surface area contributed by atoms with Crippen molar-refractivity contribution in [1.29, 1.82) is 0 Å². The molecule has 5 heteroatoms. The standard InChI is InChI=1S/C20H23ClN2O2/c1-13-10-14(2)20(15(3)11-13)23(16(4)24)9-8-19(25)22-18-7-5-6-17(21)12-18/h5-7,10-12H,8-9H2,1-4H3,(H,22,25). The number of nitrogens with one attached hydrogen (secondary N) is 1. The second-order valence-electron chi connectivity index (χ2n) is 6.23. The van der Waals surface area contributed by atoms with Gasteiger partial charge in [0.25, 0.3) is 0 Å². The molecule has 0 unspecified atom stereocenters. The van der Waals surface area contributed by atoms with Gasteiger partial charge in [0.2, 0.25) is 11.8 Å². The van der Waals surface area contributed by atoms with E-state index in [0.717, 1.165) is 22.4 Å². The number of aryl methyl sites for hydroxylation is 3. The fraction of sp³-hybridized carbons (Fsp3) is 0.300. The van der Waals surface area contributed by atoms with Crippen LogP contribution < -0.4 is 10.2 Å². The summed E-state index contributed by atoms with van der Waals surface area (Å²) in [7, 11) is 0. The van der Waals surface area contributed by atoms with Gasteiger partial charge in [-0.05, 0) is 50.1 Å². The molecule has 25 heavy (non-hydrogen) atoms. The Balaban J connectivity index is 2.10. The number of nitrogens with zero attached hydrogens (tertiary/aromatic N) is 1. The molecule has 0 heterocycles. The predicted molar refractivity (Wildman–Crippen MR) is 103 cm³/mol. The summed E-state index contributed by atoms with van der Waals surface area (Å²) in [6, 6.07) is 11.1. The average Bonchev–Trinajstić information content (AvgIpc) is 2.49. The Hall–Kier alpha value is -2.33. The molecule has 132 valence electrons. The molecule has 0 fully saturated rings. The van der Waals surface area contributed by atoms with E-state index in [-0.39, 0.29) is 18.2 Å². The maximum atomic E-state index is 12.2. The molecule has 0 atom stereocenters. The number of anilines is 2. The predicted octanol–water partition coefficient (Wildman–Crippen LogP) is 4.65. The van der Waals surface area contributed by atoms with E-state index in [0.29, 0.717) is 17.3 Å². The summed E-state index contributed by atoms with van der Waals surface area (Å²) in [5.41, 5.74) is 4.75. The topological polar surface area (TPSA) is 49.4 Å². The Labute approximate surface area is 153 Å². The first-order chi connectivity index (χ1) is 11.8. The third-order valence-corrected chi connectivity index (χ3v) is 4.19. The first-order valence-electron chi connectivity index (χ1n) is 8.19. The second-order valence-corrected chi connectivity index (χ2v) is 6.66. The van der Waals surface area contributed by atoms with Crippen LogP contribution in [0.15, 0.2) is 36.4 Å². The zero-order chi connectivity index (χ0) is 18.6. The van der Waals surface area contributed by atoms with Crippen LogP contribution in [0.1, 0.15) is 30.0 Å². The van der Waals surface area contributed by atoms with Crippen molar-refractivity contribution >= 4 is 34.8 Å². The van der Waals surface area contributed by atoms with Crippen LogP contribution in [0.2, 0.25) is 5.02 Å². The molecule has 0 aliphatic carbocycles. The highest BCUT2D eigenvalue weighted by Crippen LogP contribution is 2.27. The summed E-state index contributed by atoms with van der Waals surface area (Å²) in [4.78, 5) is 26.0. The van der Waals surface area contributed by atoms with Crippen LogP contribution in [-0.2, 0) is 9.59 Å². The third kappa shape index (κ3) is 5.07. The second kappa shape index (κ2) is 8.17. The first kappa shape index (κ1) is 19.0. The number of hydrogen-bond donors (Lipinski definition) is 1. The van der Waals surface area contributed by atoms with Crippen LogP contribution in [0.4, 0.5) is 11.4 Å². The summed E-state index contributed by atoms with van der Waals surface area (Å²) in [5, 5.41) is 3.37. The SMILES string of the molecule is CC(=O)N(CCC(=O)Nc1cccc(Cl)c1)c1c(C)cc(C)cc1C. The largest absolute Gasteiger partial charge is 0.326 e. The Morgan fingerprint density at radius 3 is 2.28 bits per heavy atom. The summed E-state index contributed by atoms with van der Waals surface area (Å²) >= 11 is 5.92. The first-order valence-corrected chi connectivity index (χ1v) is 8.57. The lowest BCUT2D eigenvalue weighted by atomic mass is 10.0. The lowest BCUT2D eigenvalue weighted by Gasteiger charge is -2.25. The van der Waals surface area contributed by atoms with Gasteiger partial charge < -0.3 is 10.2 Å². The summed E-state index contributed by atoms with van der Waals surface area (Å²) in [6.07, 6.45) is 0.207. The van der Waals surface area contributed by atoms with Gasteiger partial charge >= 0.3 is 0 Å². The highest BCUT2D eigenvalue weighted by Gasteiger charge is 2.18. The third-order valence-electron chi connectivity index (χ3n) is 3.96. The monoisotopic (exact) mass is 358 g/mol. The molecule has 4 nitrogen and oxygen atoms in total. The van der Waals surface area contributed by atoms with E-state index in [1.165, 1.54) is 6.92 Å². The zero-order valence-electron chi connectivity index (χ0n) is 15.0. The molecule has 0 radical (unpaired) electrons.